The summed E-state index contributed by atoms with van der Waals surface area (Å²) in [5.41, 5.74) is 1.69. The monoisotopic (exact) mass is 404 g/mol. The number of furan rings is 1. The second-order valence-electron chi connectivity index (χ2n) is 6.33. The van der Waals surface area contributed by atoms with Gasteiger partial charge in [-0.15, -0.1) is 21.5 Å². The summed E-state index contributed by atoms with van der Waals surface area (Å²) in [7, 11) is 0. The fraction of sp³-hybridized carbons (Fsp3) is 0.100. The number of carbonyl (C=O) groups excluding carboxylic acids is 1. The Hall–Kier alpha value is -3.72. The molecule has 8 nitrogen and oxygen atoms in total. The first-order valence-corrected chi connectivity index (χ1v) is 9.83. The highest BCUT2D eigenvalue weighted by atomic mass is 32.1. The van der Waals surface area contributed by atoms with Gasteiger partial charge in [0.25, 0.3) is 0 Å². The maximum absolute atomic E-state index is 12.1. The Balaban J connectivity index is 1.19. The number of hydrogen-bond acceptors (Lipinski definition) is 6. The molecule has 0 spiro atoms. The number of nitrogens with one attached hydrogen (secondary N) is 2. The van der Waals surface area contributed by atoms with Crippen molar-refractivity contribution in [2.75, 3.05) is 0 Å². The minimum Gasteiger partial charge on any atom is -0.457 e. The van der Waals surface area contributed by atoms with Crippen LogP contribution in [0.4, 0.5) is 4.79 Å². The van der Waals surface area contributed by atoms with Crippen molar-refractivity contribution < 1.29 is 9.21 Å². The lowest BCUT2D eigenvalue weighted by Crippen LogP contribution is -2.34. The summed E-state index contributed by atoms with van der Waals surface area (Å²) in [4.78, 5) is 16.7. The number of para-hydroxylation sites is 1. The van der Waals surface area contributed by atoms with Crippen LogP contribution in [-0.4, -0.2) is 25.6 Å². The summed E-state index contributed by atoms with van der Waals surface area (Å²) in [5.74, 6) is 2.01. The zero-order chi connectivity index (χ0) is 19.6. The number of thiazole rings is 1. The average Bonchev–Trinajstić information content (AvgIpc) is 3.48. The normalized spacial score (nSPS) is 11.2. The van der Waals surface area contributed by atoms with Gasteiger partial charge in [-0.3, -0.25) is 4.40 Å². The molecular formula is C20H16N6O2S. The predicted molar refractivity (Wildman–Crippen MR) is 109 cm³/mol. The van der Waals surface area contributed by atoms with Gasteiger partial charge in [-0.05, 0) is 36.4 Å². The summed E-state index contributed by atoms with van der Waals surface area (Å²) >= 11 is 1.58. The van der Waals surface area contributed by atoms with E-state index in [1.165, 1.54) is 0 Å². The SMILES string of the molecule is O=C(NCc1ccc(-c2nc3ccccc3s2)o1)NCc1nnc2ccccn12. The molecule has 5 aromatic rings. The number of amides is 2. The third-order valence-electron chi connectivity index (χ3n) is 4.38. The van der Waals surface area contributed by atoms with Crippen molar-refractivity contribution in [3.8, 4) is 10.8 Å². The van der Waals surface area contributed by atoms with Gasteiger partial charge in [-0.1, -0.05) is 18.2 Å². The van der Waals surface area contributed by atoms with Crippen molar-refractivity contribution in [1.82, 2.24) is 30.2 Å². The molecule has 9 heteroatoms. The van der Waals surface area contributed by atoms with E-state index in [4.69, 9.17) is 4.42 Å². The van der Waals surface area contributed by atoms with Crippen molar-refractivity contribution in [1.29, 1.82) is 0 Å². The second kappa shape index (κ2) is 7.36. The highest BCUT2D eigenvalue weighted by Gasteiger charge is 2.11. The number of urea groups is 1. The van der Waals surface area contributed by atoms with Gasteiger partial charge in [0.15, 0.2) is 22.2 Å². The van der Waals surface area contributed by atoms with E-state index in [0.29, 0.717) is 17.3 Å². The van der Waals surface area contributed by atoms with E-state index in [2.05, 4.69) is 25.8 Å². The first-order chi connectivity index (χ1) is 14.3. The first kappa shape index (κ1) is 17.4. The summed E-state index contributed by atoms with van der Waals surface area (Å²) in [6, 6.07) is 17.0. The third kappa shape index (κ3) is 3.55. The fourth-order valence-electron chi connectivity index (χ4n) is 2.97. The minimum atomic E-state index is -0.310. The number of rotatable bonds is 5. The zero-order valence-electron chi connectivity index (χ0n) is 15.2. The van der Waals surface area contributed by atoms with Crippen molar-refractivity contribution in [3.05, 3.63) is 72.4 Å². The molecule has 5 rings (SSSR count). The Morgan fingerprint density at radius 3 is 2.79 bits per heavy atom. The molecule has 1 aromatic carbocycles. The lowest BCUT2D eigenvalue weighted by atomic mass is 10.3. The van der Waals surface area contributed by atoms with Crippen molar-refractivity contribution in [3.63, 3.8) is 0 Å². The van der Waals surface area contributed by atoms with Crippen LogP contribution in [0.15, 0.2) is 65.2 Å². The molecule has 0 radical (unpaired) electrons. The van der Waals surface area contributed by atoms with Crippen LogP contribution in [0.3, 0.4) is 0 Å². The van der Waals surface area contributed by atoms with E-state index < -0.39 is 0 Å². The quantitative estimate of drug-likeness (QED) is 0.466. The van der Waals surface area contributed by atoms with Crippen molar-refractivity contribution >= 4 is 33.2 Å². The van der Waals surface area contributed by atoms with E-state index >= 15 is 0 Å². The summed E-state index contributed by atoms with van der Waals surface area (Å²) in [6.07, 6.45) is 1.86. The predicted octanol–water partition coefficient (Wildman–Crippen LogP) is 3.60. The van der Waals surface area contributed by atoms with Gasteiger partial charge >= 0.3 is 6.03 Å². The van der Waals surface area contributed by atoms with Gasteiger partial charge in [-0.2, -0.15) is 0 Å². The van der Waals surface area contributed by atoms with Crippen LogP contribution >= 0.6 is 11.3 Å². The van der Waals surface area contributed by atoms with Crippen LogP contribution in [0.5, 0.6) is 0 Å². The number of benzene rings is 1. The highest BCUT2D eigenvalue weighted by Crippen LogP contribution is 2.31. The van der Waals surface area contributed by atoms with Gasteiger partial charge in [-0.25, -0.2) is 9.78 Å². The molecule has 29 heavy (non-hydrogen) atoms. The molecule has 0 aliphatic carbocycles. The molecule has 4 aromatic heterocycles. The van der Waals surface area contributed by atoms with E-state index in [1.54, 1.807) is 11.3 Å². The Morgan fingerprint density at radius 2 is 1.86 bits per heavy atom. The third-order valence-corrected chi connectivity index (χ3v) is 5.43. The molecule has 0 aliphatic rings. The molecule has 144 valence electrons. The number of carbonyl (C=O) groups is 1. The number of aromatic nitrogens is 4. The minimum absolute atomic E-state index is 0.270. The van der Waals surface area contributed by atoms with E-state index in [1.807, 2.05) is 65.2 Å². The molecule has 0 fully saturated rings. The molecule has 0 saturated heterocycles. The number of hydrogen-bond donors (Lipinski definition) is 2. The van der Waals surface area contributed by atoms with Gasteiger partial charge in [0.1, 0.15) is 5.76 Å². The number of fused-ring (bicyclic) bond motifs is 2. The molecule has 0 saturated carbocycles. The highest BCUT2D eigenvalue weighted by molar-refractivity contribution is 7.21. The van der Waals surface area contributed by atoms with Crippen molar-refractivity contribution in [2.45, 2.75) is 13.1 Å². The maximum atomic E-state index is 12.1. The smallest absolute Gasteiger partial charge is 0.315 e. The molecule has 2 N–H and O–H groups in total. The van der Waals surface area contributed by atoms with Gasteiger partial charge in [0.05, 0.1) is 23.3 Å². The van der Waals surface area contributed by atoms with Gasteiger partial charge < -0.3 is 15.1 Å². The van der Waals surface area contributed by atoms with Gasteiger partial charge in [0.2, 0.25) is 0 Å². The Labute approximate surface area is 169 Å². The van der Waals surface area contributed by atoms with Crippen LogP contribution in [0.25, 0.3) is 26.6 Å². The molecule has 0 bridgehead atoms. The average molecular weight is 404 g/mol. The van der Waals surface area contributed by atoms with Crippen LogP contribution in [0.1, 0.15) is 11.6 Å². The fourth-order valence-corrected chi connectivity index (χ4v) is 3.89. The topological polar surface area (TPSA) is 97.3 Å². The molecule has 0 atom stereocenters. The lowest BCUT2D eigenvalue weighted by Gasteiger charge is -2.05. The number of nitrogens with zero attached hydrogens (tertiary/aromatic N) is 4. The van der Waals surface area contributed by atoms with E-state index in [-0.39, 0.29) is 19.1 Å². The summed E-state index contributed by atoms with van der Waals surface area (Å²) in [6.45, 7) is 0.545. The van der Waals surface area contributed by atoms with E-state index in [0.717, 1.165) is 20.9 Å². The standard InChI is InChI=1S/C20H16N6O2S/c27-20(22-12-18-25-24-17-7-3-4-10-26(17)18)21-11-13-8-9-15(28-13)19-23-14-5-1-2-6-16(14)29-19/h1-10H,11-12H2,(H2,21,22,27). The van der Waals surface area contributed by atoms with E-state index in [9.17, 15) is 4.79 Å². The lowest BCUT2D eigenvalue weighted by molar-refractivity contribution is 0.239. The van der Waals surface area contributed by atoms with Crippen LogP contribution < -0.4 is 10.6 Å². The van der Waals surface area contributed by atoms with Crippen molar-refractivity contribution in [2.24, 2.45) is 0 Å². The summed E-state index contributed by atoms with van der Waals surface area (Å²) in [5, 5.41) is 14.5. The zero-order valence-corrected chi connectivity index (χ0v) is 16.0. The van der Waals surface area contributed by atoms with Crippen LogP contribution in [0, 0.1) is 0 Å². The van der Waals surface area contributed by atoms with Crippen LogP contribution in [-0.2, 0) is 13.1 Å². The second-order valence-corrected chi connectivity index (χ2v) is 7.36. The largest absolute Gasteiger partial charge is 0.457 e. The Kier molecular flexibility index (Phi) is 4.41. The number of pyridine rings is 1. The maximum Gasteiger partial charge on any atom is 0.315 e. The molecule has 0 aliphatic heterocycles. The first-order valence-electron chi connectivity index (χ1n) is 9.01. The van der Waals surface area contributed by atoms with Gasteiger partial charge in [0, 0.05) is 6.20 Å². The molecule has 0 unspecified atom stereocenters. The molecule has 4 heterocycles. The van der Waals surface area contributed by atoms with Crippen LogP contribution in [0.2, 0.25) is 0 Å². The summed E-state index contributed by atoms with van der Waals surface area (Å²) < 4.78 is 8.78. The molecular weight excluding hydrogens is 388 g/mol. The molecule has 2 amide bonds. The Morgan fingerprint density at radius 1 is 1.00 bits per heavy atom. The Bertz CT molecular complexity index is 1270.